The molecule has 0 aliphatic carbocycles. The van der Waals surface area contributed by atoms with E-state index in [2.05, 4.69) is 16.9 Å². The van der Waals surface area contributed by atoms with Crippen molar-refractivity contribution < 1.29 is 8.81 Å². The van der Waals surface area contributed by atoms with Gasteiger partial charge in [0.15, 0.2) is 0 Å². The Labute approximate surface area is 162 Å². The van der Waals surface area contributed by atoms with Crippen LogP contribution in [0.4, 0.5) is 4.39 Å². The maximum Gasteiger partial charge on any atom is 0.129 e. The molecule has 0 aliphatic heterocycles. The highest BCUT2D eigenvalue weighted by Gasteiger charge is 2.13. The summed E-state index contributed by atoms with van der Waals surface area (Å²) in [5.74, 6) is 0.652. The fourth-order valence-corrected chi connectivity index (χ4v) is 3.08. The Bertz CT molecular complexity index is 1030. The number of nitrogens with zero attached hydrogens (tertiary/aromatic N) is 4. The van der Waals surface area contributed by atoms with E-state index in [0.717, 1.165) is 34.0 Å². The second-order valence-corrected chi connectivity index (χ2v) is 6.70. The van der Waals surface area contributed by atoms with Gasteiger partial charge in [-0.3, -0.25) is 9.97 Å². The van der Waals surface area contributed by atoms with Gasteiger partial charge in [0.05, 0.1) is 29.6 Å². The van der Waals surface area contributed by atoms with Gasteiger partial charge in [0.1, 0.15) is 11.6 Å². The first-order chi connectivity index (χ1) is 13.7. The molecule has 3 heterocycles. The Morgan fingerprint density at radius 3 is 2.61 bits per heavy atom. The predicted molar refractivity (Wildman–Crippen MR) is 103 cm³/mol. The molecule has 3 aromatic heterocycles. The van der Waals surface area contributed by atoms with E-state index in [4.69, 9.17) is 14.4 Å². The first-order valence-electron chi connectivity index (χ1n) is 9.07. The average Bonchev–Trinajstić information content (AvgIpc) is 3.24. The molecule has 0 spiro atoms. The SMILES string of the molecule is C[C@H](Cc1nc(Cc2cnccn2)cc(-c2ccoc2)n1)c1ccc(F)cc1. The molecule has 28 heavy (non-hydrogen) atoms. The molecule has 0 bridgehead atoms. The smallest absolute Gasteiger partial charge is 0.129 e. The lowest BCUT2D eigenvalue weighted by atomic mass is 9.97. The van der Waals surface area contributed by atoms with Crippen LogP contribution in [0.15, 0.2) is 71.9 Å². The molecule has 0 saturated heterocycles. The van der Waals surface area contributed by atoms with E-state index in [0.29, 0.717) is 12.8 Å². The molecule has 5 nitrogen and oxygen atoms in total. The van der Waals surface area contributed by atoms with Crippen LogP contribution in [0.1, 0.15) is 35.6 Å². The Hall–Kier alpha value is -3.41. The van der Waals surface area contributed by atoms with Gasteiger partial charge in [0, 0.05) is 37.0 Å². The number of hydrogen-bond donors (Lipinski definition) is 0. The summed E-state index contributed by atoms with van der Waals surface area (Å²) in [5, 5.41) is 0. The lowest BCUT2D eigenvalue weighted by Crippen LogP contribution is -2.07. The number of furan rings is 1. The lowest BCUT2D eigenvalue weighted by molar-refractivity contribution is 0.568. The Morgan fingerprint density at radius 2 is 1.89 bits per heavy atom. The monoisotopic (exact) mass is 374 g/mol. The quantitative estimate of drug-likeness (QED) is 0.493. The topological polar surface area (TPSA) is 64.7 Å². The summed E-state index contributed by atoms with van der Waals surface area (Å²) in [6, 6.07) is 10.4. The Kier molecular flexibility index (Phi) is 5.19. The van der Waals surface area contributed by atoms with Gasteiger partial charge >= 0.3 is 0 Å². The van der Waals surface area contributed by atoms with Gasteiger partial charge in [0.2, 0.25) is 0 Å². The van der Waals surface area contributed by atoms with Crippen LogP contribution in [0.3, 0.4) is 0 Å². The molecule has 0 radical (unpaired) electrons. The van der Waals surface area contributed by atoms with Crippen molar-refractivity contribution in [3.05, 3.63) is 96.1 Å². The number of hydrogen-bond acceptors (Lipinski definition) is 5. The van der Waals surface area contributed by atoms with Crippen molar-refractivity contribution in [1.29, 1.82) is 0 Å². The summed E-state index contributed by atoms with van der Waals surface area (Å²) in [5.41, 5.74) is 4.47. The summed E-state index contributed by atoms with van der Waals surface area (Å²) in [6.45, 7) is 2.09. The highest BCUT2D eigenvalue weighted by atomic mass is 19.1. The number of aromatic nitrogens is 4. The molecule has 0 unspecified atom stereocenters. The van der Waals surface area contributed by atoms with Gasteiger partial charge in [-0.2, -0.15) is 0 Å². The molecule has 1 aromatic carbocycles. The summed E-state index contributed by atoms with van der Waals surface area (Å²) < 4.78 is 18.4. The Balaban J connectivity index is 1.64. The van der Waals surface area contributed by atoms with E-state index in [1.54, 1.807) is 43.2 Å². The van der Waals surface area contributed by atoms with Crippen LogP contribution >= 0.6 is 0 Å². The second kappa shape index (κ2) is 8.08. The van der Waals surface area contributed by atoms with Crippen molar-refractivity contribution in [2.75, 3.05) is 0 Å². The molecular formula is C22H19FN4O. The molecule has 0 aliphatic rings. The molecule has 4 rings (SSSR count). The molecular weight excluding hydrogens is 355 g/mol. The van der Waals surface area contributed by atoms with Crippen molar-refractivity contribution in [2.45, 2.75) is 25.7 Å². The van der Waals surface area contributed by atoms with E-state index < -0.39 is 0 Å². The van der Waals surface area contributed by atoms with Gasteiger partial charge in [-0.1, -0.05) is 19.1 Å². The van der Waals surface area contributed by atoms with E-state index in [9.17, 15) is 4.39 Å². The van der Waals surface area contributed by atoms with E-state index in [1.807, 2.05) is 12.1 Å². The minimum absolute atomic E-state index is 0.157. The lowest BCUT2D eigenvalue weighted by Gasteiger charge is -2.13. The van der Waals surface area contributed by atoms with Gasteiger partial charge < -0.3 is 4.42 Å². The first-order valence-corrected chi connectivity index (χ1v) is 9.07. The van der Waals surface area contributed by atoms with Crippen LogP contribution in [-0.2, 0) is 12.8 Å². The molecule has 4 aromatic rings. The van der Waals surface area contributed by atoms with Crippen LogP contribution in [0.2, 0.25) is 0 Å². The van der Waals surface area contributed by atoms with Crippen LogP contribution in [0, 0.1) is 5.82 Å². The highest BCUT2D eigenvalue weighted by Crippen LogP contribution is 2.23. The summed E-state index contributed by atoms with van der Waals surface area (Å²) in [7, 11) is 0. The van der Waals surface area contributed by atoms with Crippen LogP contribution in [0.5, 0.6) is 0 Å². The summed E-state index contributed by atoms with van der Waals surface area (Å²) in [4.78, 5) is 17.9. The minimum atomic E-state index is -0.236. The zero-order valence-corrected chi connectivity index (χ0v) is 15.4. The number of halogens is 1. The van der Waals surface area contributed by atoms with E-state index in [1.165, 1.54) is 12.1 Å². The van der Waals surface area contributed by atoms with Crippen LogP contribution in [-0.4, -0.2) is 19.9 Å². The third-order valence-corrected chi connectivity index (χ3v) is 4.55. The molecule has 140 valence electrons. The van der Waals surface area contributed by atoms with E-state index >= 15 is 0 Å². The van der Waals surface area contributed by atoms with Gasteiger partial charge in [-0.05, 0) is 35.7 Å². The molecule has 0 saturated carbocycles. The first kappa shape index (κ1) is 18.0. The molecule has 0 fully saturated rings. The van der Waals surface area contributed by atoms with Crippen LogP contribution in [0.25, 0.3) is 11.3 Å². The van der Waals surface area contributed by atoms with Gasteiger partial charge in [-0.15, -0.1) is 0 Å². The van der Waals surface area contributed by atoms with Crippen molar-refractivity contribution in [2.24, 2.45) is 0 Å². The average molecular weight is 374 g/mol. The number of benzene rings is 1. The fourth-order valence-electron chi connectivity index (χ4n) is 3.08. The van der Waals surface area contributed by atoms with Crippen molar-refractivity contribution in [1.82, 2.24) is 19.9 Å². The highest BCUT2D eigenvalue weighted by molar-refractivity contribution is 5.57. The molecule has 6 heteroatoms. The second-order valence-electron chi connectivity index (χ2n) is 6.70. The fraction of sp³-hybridized carbons (Fsp3) is 0.182. The van der Waals surface area contributed by atoms with Gasteiger partial charge in [-0.25, -0.2) is 14.4 Å². The molecule has 1 atom stereocenters. The minimum Gasteiger partial charge on any atom is -0.472 e. The third-order valence-electron chi connectivity index (χ3n) is 4.55. The third kappa shape index (κ3) is 4.28. The van der Waals surface area contributed by atoms with Gasteiger partial charge in [0.25, 0.3) is 0 Å². The molecule has 0 amide bonds. The van der Waals surface area contributed by atoms with Crippen molar-refractivity contribution in [3.63, 3.8) is 0 Å². The van der Waals surface area contributed by atoms with E-state index in [-0.39, 0.29) is 11.7 Å². The summed E-state index contributed by atoms with van der Waals surface area (Å²) in [6.07, 6.45) is 9.56. The zero-order valence-electron chi connectivity index (χ0n) is 15.4. The van der Waals surface area contributed by atoms with Crippen molar-refractivity contribution in [3.8, 4) is 11.3 Å². The van der Waals surface area contributed by atoms with Crippen LogP contribution < -0.4 is 0 Å². The largest absolute Gasteiger partial charge is 0.472 e. The molecule has 0 N–H and O–H groups in total. The zero-order chi connectivity index (χ0) is 19.3. The standard InChI is InChI=1S/C22H19FN4O/c1-15(16-2-4-18(23)5-3-16)10-22-26-19(11-20-13-24-7-8-25-20)12-21(27-22)17-6-9-28-14-17/h2-9,12-15H,10-11H2,1H3/t15-/m1/s1. The van der Waals surface area contributed by atoms with Crippen molar-refractivity contribution >= 4 is 0 Å². The number of rotatable bonds is 6. The Morgan fingerprint density at radius 1 is 1.04 bits per heavy atom. The maximum absolute atomic E-state index is 13.2. The normalized spacial score (nSPS) is 12.1. The predicted octanol–water partition coefficient (Wildman–Crippen LogP) is 4.60. The summed E-state index contributed by atoms with van der Waals surface area (Å²) >= 11 is 0. The maximum atomic E-state index is 13.2.